The first-order valence-electron chi connectivity index (χ1n) is 5.96. The summed E-state index contributed by atoms with van der Waals surface area (Å²) in [6, 6.07) is -0.638. The molecule has 0 radical (unpaired) electrons. The summed E-state index contributed by atoms with van der Waals surface area (Å²) in [5.74, 6) is 0.351. The Morgan fingerprint density at radius 1 is 1.47 bits per heavy atom. The number of thioether (sulfide) groups is 1. The van der Waals surface area contributed by atoms with E-state index in [4.69, 9.17) is 5.11 Å². The van der Waals surface area contributed by atoms with Gasteiger partial charge < -0.3 is 10.0 Å². The van der Waals surface area contributed by atoms with E-state index < -0.39 is 12.0 Å². The minimum absolute atomic E-state index is 0.0912. The standard InChI is InChI=1S/C12H17NO3S/c1-8-4-5-9(12(15)16)13(7-8)11(14)10-3-2-6-17-10/h3,8-9H,2,4-7H2,1H3,(H,15,16). The van der Waals surface area contributed by atoms with Gasteiger partial charge in [0.25, 0.3) is 5.91 Å². The summed E-state index contributed by atoms with van der Waals surface area (Å²) in [7, 11) is 0. The molecule has 2 heterocycles. The molecule has 2 aliphatic rings. The quantitative estimate of drug-likeness (QED) is 0.816. The average Bonchev–Trinajstić information content (AvgIpc) is 2.80. The molecule has 2 aliphatic heterocycles. The highest BCUT2D eigenvalue weighted by molar-refractivity contribution is 8.04. The van der Waals surface area contributed by atoms with Gasteiger partial charge in [-0.3, -0.25) is 4.79 Å². The van der Waals surface area contributed by atoms with Crippen LogP contribution in [0, 0.1) is 5.92 Å². The SMILES string of the molecule is CC1CCC(C(=O)O)N(C(=O)C2=CCCS2)C1. The topological polar surface area (TPSA) is 57.6 Å². The monoisotopic (exact) mass is 255 g/mol. The molecular formula is C12H17NO3S. The Hall–Kier alpha value is -0.970. The van der Waals surface area contributed by atoms with E-state index >= 15 is 0 Å². The fourth-order valence-electron chi connectivity index (χ4n) is 2.34. The van der Waals surface area contributed by atoms with Crippen LogP contribution in [-0.2, 0) is 9.59 Å². The van der Waals surface area contributed by atoms with Crippen molar-refractivity contribution in [1.29, 1.82) is 0 Å². The van der Waals surface area contributed by atoms with E-state index in [0.29, 0.717) is 18.9 Å². The third kappa shape index (κ3) is 2.65. The number of likely N-dealkylation sites (tertiary alicyclic amines) is 1. The van der Waals surface area contributed by atoms with Crippen LogP contribution in [0.4, 0.5) is 0 Å². The van der Waals surface area contributed by atoms with E-state index in [1.54, 1.807) is 4.90 Å². The number of carboxylic acids is 1. The molecule has 1 fully saturated rings. The zero-order valence-corrected chi connectivity index (χ0v) is 10.7. The maximum atomic E-state index is 12.2. The summed E-state index contributed by atoms with van der Waals surface area (Å²) in [6.07, 6.45) is 4.28. The Morgan fingerprint density at radius 3 is 2.82 bits per heavy atom. The minimum Gasteiger partial charge on any atom is -0.480 e. The maximum Gasteiger partial charge on any atom is 0.326 e. The molecule has 1 amide bonds. The van der Waals surface area contributed by atoms with Crippen LogP contribution in [0.15, 0.2) is 11.0 Å². The van der Waals surface area contributed by atoms with Crippen LogP contribution in [-0.4, -0.2) is 40.2 Å². The molecule has 0 spiro atoms. The van der Waals surface area contributed by atoms with E-state index in [1.165, 1.54) is 11.8 Å². The van der Waals surface area contributed by atoms with Crippen LogP contribution in [0.2, 0.25) is 0 Å². The molecule has 0 aliphatic carbocycles. The first-order valence-corrected chi connectivity index (χ1v) is 6.95. The van der Waals surface area contributed by atoms with Crippen molar-refractivity contribution in [2.24, 2.45) is 5.92 Å². The van der Waals surface area contributed by atoms with Crippen molar-refractivity contribution in [2.45, 2.75) is 32.2 Å². The van der Waals surface area contributed by atoms with Crippen molar-refractivity contribution in [2.75, 3.05) is 12.3 Å². The smallest absolute Gasteiger partial charge is 0.326 e. The van der Waals surface area contributed by atoms with Crippen LogP contribution in [0.25, 0.3) is 0 Å². The third-order valence-corrected chi connectivity index (χ3v) is 4.37. The number of carboxylic acid groups (broad SMARTS) is 1. The Kier molecular flexibility index (Phi) is 3.76. The van der Waals surface area contributed by atoms with Gasteiger partial charge in [-0.05, 0) is 25.2 Å². The predicted octanol–water partition coefficient (Wildman–Crippen LogP) is 1.72. The maximum absolute atomic E-state index is 12.2. The van der Waals surface area contributed by atoms with Gasteiger partial charge in [0, 0.05) is 12.3 Å². The van der Waals surface area contributed by atoms with Gasteiger partial charge in [0.2, 0.25) is 0 Å². The highest BCUT2D eigenvalue weighted by atomic mass is 32.2. The molecule has 0 aromatic rings. The summed E-state index contributed by atoms with van der Waals surface area (Å²) in [5, 5.41) is 9.17. The number of carbonyl (C=O) groups is 2. The fourth-order valence-corrected chi connectivity index (χ4v) is 3.27. The lowest BCUT2D eigenvalue weighted by Crippen LogP contribution is -2.50. The summed E-state index contributed by atoms with van der Waals surface area (Å²) in [6.45, 7) is 2.63. The first-order chi connectivity index (χ1) is 8.09. The molecular weight excluding hydrogens is 238 g/mol. The molecule has 0 bridgehead atoms. The highest BCUT2D eigenvalue weighted by Crippen LogP contribution is 2.30. The second kappa shape index (κ2) is 5.12. The summed E-state index contributed by atoms with van der Waals surface area (Å²) < 4.78 is 0. The summed E-state index contributed by atoms with van der Waals surface area (Å²) >= 11 is 1.54. The Bertz CT molecular complexity index is 367. The molecule has 1 saturated heterocycles. The summed E-state index contributed by atoms with van der Waals surface area (Å²) in [5.41, 5.74) is 0. The molecule has 17 heavy (non-hydrogen) atoms. The number of amides is 1. The van der Waals surface area contributed by atoms with Crippen LogP contribution in [0.1, 0.15) is 26.2 Å². The largest absolute Gasteiger partial charge is 0.480 e. The molecule has 2 rings (SSSR count). The lowest BCUT2D eigenvalue weighted by atomic mass is 9.94. The Morgan fingerprint density at radius 2 is 2.24 bits per heavy atom. The molecule has 4 nitrogen and oxygen atoms in total. The average molecular weight is 255 g/mol. The van der Waals surface area contributed by atoms with Crippen LogP contribution < -0.4 is 0 Å². The second-order valence-corrected chi connectivity index (χ2v) is 5.84. The number of hydrogen-bond donors (Lipinski definition) is 1. The number of rotatable bonds is 2. The molecule has 0 saturated carbocycles. The molecule has 0 aromatic heterocycles. The van der Waals surface area contributed by atoms with Gasteiger partial charge >= 0.3 is 5.97 Å². The van der Waals surface area contributed by atoms with Gasteiger partial charge in [-0.25, -0.2) is 4.79 Å². The zero-order valence-electron chi connectivity index (χ0n) is 9.89. The Balaban J connectivity index is 2.14. The van der Waals surface area contributed by atoms with E-state index in [9.17, 15) is 9.59 Å². The van der Waals surface area contributed by atoms with Crippen LogP contribution in [0.5, 0.6) is 0 Å². The minimum atomic E-state index is -0.881. The first kappa shape index (κ1) is 12.5. The second-order valence-electron chi connectivity index (χ2n) is 4.70. The van der Waals surface area contributed by atoms with E-state index in [2.05, 4.69) is 6.92 Å². The molecule has 5 heteroatoms. The van der Waals surface area contributed by atoms with Crippen molar-refractivity contribution in [3.63, 3.8) is 0 Å². The van der Waals surface area contributed by atoms with Gasteiger partial charge in [0.1, 0.15) is 6.04 Å². The van der Waals surface area contributed by atoms with Crippen molar-refractivity contribution in [3.05, 3.63) is 11.0 Å². The van der Waals surface area contributed by atoms with Gasteiger partial charge in [0.15, 0.2) is 0 Å². The number of aliphatic carboxylic acids is 1. The van der Waals surface area contributed by atoms with Crippen LogP contribution >= 0.6 is 11.8 Å². The van der Waals surface area contributed by atoms with Gasteiger partial charge in [-0.15, -0.1) is 11.8 Å². The van der Waals surface area contributed by atoms with E-state index in [0.717, 1.165) is 23.5 Å². The predicted molar refractivity (Wildman–Crippen MR) is 66.7 cm³/mol. The molecule has 94 valence electrons. The zero-order chi connectivity index (χ0) is 12.4. The van der Waals surface area contributed by atoms with Crippen molar-refractivity contribution in [3.8, 4) is 0 Å². The fraction of sp³-hybridized carbons (Fsp3) is 0.667. The van der Waals surface area contributed by atoms with Gasteiger partial charge in [-0.2, -0.15) is 0 Å². The number of allylic oxidation sites excluding steroid dienone is 1. The number of nitrogens with zero attached hydrogens (tertiary/aromatic N) is 1. The Labute approximate surface area is 105 Å². The molecule has 0 aromatic carbocycles. The highest BCUT2D eigenvalue weighted by Gasteiger charge is 2.36. The van der Waals surface area contributed by atoms with Gasteiger partial charge in [0.05, 0.1) is 4.91 Å². The lowest BCUT2D eigenvalue weighted by molar-refractivity contribution is -0.151. The van der Waals surface area contributed by atoms with Crippen molar-refractivity contribution < 1.29 is 14.7 Å². The number of carbonyl (C=O) groups excluding carboxylic acids is 1. The molecule has 2 unspecified atom stereocenters. The summed E-state index contributed by atoms with van der Waals surface area (Å²) in [4.78, 5) is 25.7. The molecule has 1 N–H and O–H groups in total. The molecule has 2 atom stereocenters. The number of hydrogen-bond acceptors (Lipinski definition) is 3. The van der Waals surface area contributed by atoms with E-state index in [1.807, 2.05) is 6.08 Å². The van der Waals surface area contributed by atoms with Gasteiger partial charge in [-0.1, -0.05) is 13.0 Å². The third-order valence-electron chi connectivity index (χ3n) is 3.28. The van der Waals surface area contributed by atoms with E-state index in [-0.39, 0.29) is 5.91 Å². The van der Waals surface area contributed by atoms with Crippen molar-refractivity contribution >= 4 is 23.6 Å². The van der Waals surface area contributed by atoms with Crippen LogP contribution in [0.3, 0.4) is 0 Å². The van der Waals surface area contributed by atoms with Crippen molar-refractivity contribution in [1.82, 2.24) is 4.90 Å². The number of piperidine rings is 1. The lowest BCUT2D eigenvalue weighted by Gasteiger charge is -2.36. The normalized spacial score (nSPS) is 29.0.